The number of nitrogens with one attached hydrogen (secondary N) is 1. The van der Waals surface area contributed by atoms with Gasteiger partial charge in [0.2, 0.25) is 5.95 Å². The summed E-state index contributed by atoms with van der Waals surface area (Å²) in [7, 11) is 0. The lowest BCUT2D eigenvalue weighted by Crippen LogP contribution is -2.13. The molecule has 7 heteroatoms. The molecule has 0 amide bonds. The van der Waals surface area contributed by atoms with Crippen LogP contribution in [0.25, 0.3) is 21.9 Å². The SMILES string of the molecule is Nc1nc(Nc2nccc3ccccc23)nc2c1ncn2C1CCCCC1. The van der Waals surface area contributed by atoms with Crippen LogP contribution in [0, 0.1) is 0 Å². The number of hydrogen-bond acceptors (Lipinski definition) is 6. The Labute approximate surface area is 156 Å². The number of aromatic nitrogens is 5. The van der Waals surface area contributed by atoms with Crippen LogP contribution in [-0.2, 0) is 0 Å². The van der Waals surface area contributed by atoms with Gasteiger partial charge in [0.15, 0.2) is 11.5 Å². The highest BCUT2D eigenvalue weighted by atomic mass is 15.2. The van der Waals surface area contributed by atoms with Crippen molar-refractivity contribution in [1.82, 2.24) is 24.5 Å². The first-order valence-corrected chi connectivity index (χ1v) is 9.40. The maximum absolute atomic E-state index is 6.18. The van der Waals surface area contributed by atoms with E-state index in [0.717, 1.165) is 35.1 Å². The Morgan fingerprint density at radius 3 is 2.74 bits per heavy atom. The van der Waals surface area contributed by atoms with Crippen molar-refractivity contribution in [3.63, 3.8) is 0 Å². The van der Waals surface area contributed by atoms with Crippen LogP contribution in [0.5, 0.6) is 0 Å². The highest BCUT2D eigenvalue weighted by Crippen LogP contribution is 2.32. The summed E-state index contributed by atoms with van der Waals surface area (Å²) in [5.74, 6) is 1.55. The zero-order valence-corrected chi connectivity index (χ0v) is 15.0. The molecule has 7 nitrogen and oxygen atoms in total. The summed E-state index contributed by atoms with van der Waals surface area (Å²) in [6.45, 7) is 0. The number of imidazole rings is 1. The monoisotopic (exact) mass is 359 g/mol. The van der Waals surface area contributed by atoms with Crippen molar-refractivity contribution < 1.29 is 0 Å². The van der Waals surface area contributed by atoms with Gasteiger partial charge in [0.1, 0.15) is 11.3 Å². The number of anilines is 3. The van der Waals surface area contributed by atoms with E-state index in [0.29, 0.717) is 23.3 Å². The summed E-state index contributed by atoms with van der Waals surface area (Å²) in [6, 6.07) is 10.5. The van der Waals surface area contributed by atoms with Crippen LogP contribution in [-0.4, -0.2) is 24.5 Å². The lowest BCUT2D eigenvalue weighted by Gasteiger charge is -2.23. The quantitative estimate of drug-likeness (QED) is 0.569. The molecule has 0 spiro atoms. The molecule has 1 aromatic carbocycles. The molecule has 1 aliphatic carbocycles. The Hall–Kier alpha value is -3.22. The second-order valence-electron chi connectivity index (χ2n) is 7.05. The fourth-order valence-electron chi connectivity index (χ4n) is 3.95. The fourth-order valence-corrected chi connectivity index (χ4v) is 3.95. The van der Waals surface area contributed by atoms with Crippen molar-refractivity contribution in [2.24, 2.45) is 0 Å². The van der Waals surface area contributed by atoms with Gasteiger partial charge in [-0.3, -0.25) is 0 Å². The molecule has 0 unspecified atom stereocenters. The van der Waals surface area contributed by atoms with E-state index in [1.54, 1.807) is 6.20 Å². The van der Waals surface area contributed by atoms with Gasteiger partial charge in [-0.2, -0.15) is 9.97 Å². The standard InChI is InChI=1S/C20H21N7/c21-17-16-19(27(12-23-16)14-7-2-1-3-8-14)26-20(24-17)25-18-15-9-5-4-6-13(15)10-11-22-18/h4-6,9-12,14H,1-3,7-8H2,(H3,21,22,24,25,26). The Kier molecular flexibility index (Phi) is 3.85. The van der Waals surface area contributed by atoms with E-state index < -0.39 is 0 Å². The average Bonchev–Trinajstić information content (AvgIpc) is 3.13. The van der Waals surface area contributed by atoms with E-state index >= 15 is 0 Å². The van der Waals surface area contributed by atoms with Crippen LogP contribution >= 0.6 is 0 Å². The molecule has 4 aromatic rings. The number of fused-ring (bicyclic) bond motifs is 2. The summed E-state index contributed by atoms with van der Waals surface area (Å²) in [4.78, 5) is 18.1. The van der Waals surface area contributed by atoms with Crippen molar-refractivity contribution in [3.05, 3.63) is 42.9 Å². The second kappa shape index (κ2) is 6.50. The lowest BCUT2D eigenvalue weighted by molar-refractivity contribution is 0.358. The van der Waals surface area contributed by atoms with Crippen LogP contribution in [0.2, 0.25) is 0 Å². The second-order valence-corrected chi connectivity index (χ2v) is 7.05. The van der Waals surface area contributed by atoms with E-state index in [1.807, 2.05) is 30.6 Å². The molecule has 0 bridgehead atoms. The Morgan fingerprint density at radius 2 is 1.85 bits per heavy atom. The van der Waals surface area contributed by atoms with Crippen LogP contribution in [0.15, 0.2) is 42.9 Å². The Balaban J connectivity index is 1.57. The number of nitrogens with two attached hydrogens (primary N) is 1. The van der Waals surface area contributed by atoms with E-state index in [1.165, 1.54) is 19.3 Å². The summed E-state index contributed by atoms with van der Waals surface area (Å²) >= 11 is 0. The number of rotatable bonds is 3. The topological polar surface area (TPSA) is 94.5 Å². The van der Waals surface area contributed by atoms with Gasteiger partial charge in [0.05, 0.1) is 6.33 Å². The number of hydrogen-bond donors (Lipinski definition) is 2. The van der Waals surface area contributed by atoms with E-state index in [2.05, 4.69) is 30.9 Å². The minimum Gasteiger partial charge on any atom is -0.382 e. The first kappa shape index (κ1) is 16.0. The van der Waals surface area contributed by atoms with Gasteiger partial charge in [-0.15, -0.1) is 0 Å². The lowest BCUT2D eigenvalue weighted by atomic mass is 9.95. The third kappa shape index (κ3) is 2.85. The van der Waals surface area contributed by atoms with Gasteiger partial charge in [-0.1, -0.05) is 43.5 Å². The molecule has 136 valence electrons. The smallest absolute Gasteiger partial charge is 0.232 e. The number of nitrogens with zero attached hydrogens (tertiary/aromatic N) is 5. The van der Waals surface area contributed by atoms with Gasteiger partial charge in [-0.25, -0.2) is 9.97 Å². The largest absolute Gasteiger partial charge is 0.382 e. The van der Waals surface area contributed by atoms with Crippen LogP contribution in [0.3, 0.4) is 0 Å². The van der Waals surface area contributed by atoms with Gasteiger partial charge >= 0.3 is 0 Å². The minimum atomic E-state index is 0.386. The van der Waals surface area contributed by atoms with E-state index in [9.17, 15) is 0 Å². The first-order valence-electron chi connectivity index (χ1n) is 9.40. The van der Waals surface area contributed by atoms with Gasteiger partial charge < -0.3 is 15.6 Å². The van der Waals surface area contributed by atoms with Crippen molar-refractivity contribution in [2.75, 3.05) is 11.1 Å². The molecule has 1 aliphatic rings. The highest BCUT2D eigenvalue weighted by molar-refractivity contribution is 5.93. The molecule has 5 rings (SSSR count). The molecular formula is C20H21N7. The minimum absolute atomic E-state index is 0.386. The maximum atomic E-state index is 6.18. The Bertz CT molecular complexity index is 1110. The molecule has 0 radical (unpaired) electrons. The molecule has 1 saturated carbocycles. The summed E-state index contributed by atoms with van der Waals surface area (Å²) in [5, 5.41) is 5.37. The number of nitrogen functional groups attached to an aromatic ring is 1. The van der Waals surface area contributed by atoms with Crippen molar-refractivity contribution in [3.8, 4) is 0 Å². The summed E-state index contributed by atoms with van der Waals surface area (Å²) < 4.78 is 2.16. The van der Waals surface area contributed by atoms with Crippen molar-refractivity contribution >= 4 is 39.5 Å². The molecule has 0 atom stereocenters. The third-order valence-corrected chi connectivity index (χ3v) is 5.32. The van der Waals surface area contributed by atoms with Crippen LogP contribution in [0.4, 0.5) is 17.6 Å². The van der Waals surface area contributed by atoms with E-state index in [-0.39, 0.29) is 0 Å². The van der Waals surface area contributed by atoms with Crippen LogP contribution in [0.1, 0.15) is 38.1 Å². The van der Waals surface area contributed by atoms with Gasteiger partial charge in [-0.05, 0) is 24.3 Å². The predicted octanol–water partition coefficient (Wildman–Crippen LogP) is 4.21. The maximum Gasteiger partial charge on any atom is 0.232 e. The number of pyridine rings is 1. The van der Waals surface area contributed by atoms with Gasteiger partial charge in [0, 0.05) is 17.6 Å². The molecule has 3 N–H and O–H groups in total. The average molecular weight is 359 g/mol. The fraction of sp³-hybridized carbons (Fsp3) is 0.300. The van der Waals surface area contributed by atoms with Gasteiger partial charge in [0.25, 0.3) is 0 Å². The predicted molar refractivity (Wildman–Crippen MR) is 107 cm³/mol. The summed E-state index contributed by atoms with van der Waals surface area (Å²) in [6.07, 6.45) is 9.74. The molecule has 3 heterocycles. The highest BCUT2D eigenvalue weighted by Gasteiger charge is 2.20. The zero-order chi connectivity index (χ0) is 18.2. The Morgan fingerprint density at radius 1 is 1.00 bits per heavy atom. The summed E-state index contributed by atoms with van der Waals surface area (Å²) in [5.41, 5.74) is 7.63. The molecule has 1 fully saturated rings. The van der Waals surface area contributed by atoms with E-state index in [4.69, 9.17) is 10.7 Å². The van der Waals surface area contributed by atoms with Crippen LogP contribution < -0.4 is 11.1 Å². The zero-order valence-electron chi connectivity index (χ0n) is 15.0. The molecule has 0 saturated heterocycles. The molecule has 27 heavy (non-hydrogen) atoms. The van der Waals surface area contributed by atoms with Crippen molar-refractivity contribution in [1.29, 1.82) is 0 Å². The molecular weight excluding hydrogens is 338 g/mol. The third-order valence-electron chi connectivity index (χ3n) is 5.32. The number of benzene rings is 1. The van der Waals surface area contributed by atoms with Crippen molar-refractivity contribution in [2.45, 2.75) is 38.1 Å². The normalized spacial score (nSPS) is 15.4. The molecule has 0 aliphatic heterocycles. The first-order chi connectivity index (χ1) is 13.3. The molecule has 3 aromatic heterocycles.